The zero-order valence-corrected chi connectivity index (χ0v) is 19.3. The number of benzene rings is 1. The highest BCUT2D eigenvalue weighted by molar-refractivity contribution is 7.99. The average Bonchev–Trinajstić information content (AvgIpc) is 3.43. The van der Waals surface area contributed by atoms with Gasteiger partial charge in [0.1, 0.15) is 16.4 Å². The van der Waals surface area contributed by atoms with Crippen LogP contribution >= 0.6 is 11.8 Å². The van der Waals surface area contributed by atoms with Crippen LogP contribution in [-0.2, 0) is 10.0 Å². The summed E-state index contributed by atoms with van der Waals surface area (Å²) in [7, 11) is -3.62. The first-order valence-corrected chi connectivity index (χ1v) is 12.7. The van der Waals surface area contributed by atoms with Crippen LogP contribution in [0.25, 0.3) is 5.69 Å². The van der Waals surface area contributed by atoms with Gasteiger partial charge in [-0.2, -0.15) is 21.2 Å². The number of hydrogen-bond acceptors (Lipinski definition) is 5. The van der Waals surface area contributed by atoms with Crippen molar-refractivity contribution in [3.05, 3.63) is 65.5 Å². The lowest BCUT2D eigenvalue weighted by atomic mass is 10.1. The molecule has 0 radical (unpaired) electrons. The van der Waals surface area contributed by atoms with E-state index in [0.717, 1.165) is 22.8 Å². The number of carbonyl (C=O) groups excluding carboxylic acids is 1. The standard InChI is InChI=1S/C21H24FN5O3S2/c1-14(19-13-24-27(15(19)2)17-5-3-16(22)4-6-17)25-21(28)20-11-18(12-23-20)32(29,30)26-7-9-31-10-8-26/h3-6,11-14,23H,7-10H2,1-2H3,(H,25,28). The third-order valence-electron chi connectivity index (χ3n) is 5.44. The largest absolute Gasteiger partial charge is 0.356 e. The molecule has 1 aromatic carbocycles. The average molecular weight is 478 g/mol. The zero-order valence-electron chi connectivity index (χ0n) is 17.7. The van der Waals surface area contributed by atoms with Crippen LogP contribution in [0, 0.1) is 12.7 Å². The molecule has 11 heteroatoms. The molecule has 3 aromatic rings. The number of aromatic nitrogens is 3. The summed E-state index contributed by atoms with van der Waals surface area (Å²) >= 11 is 1.73. The Labute approximate surface area is 190 Å². The summed E-state index contributed by atoms with van der Waals surface area (Å²) < 4.78 is 41.9. The summed E-state index contributed by atoms with van der Waals surface area (Å²) in [6.07, 6.45) is 3.01. The Kier molecular flexibility index (Phi) is 6.40. The van der Waals surface area contributed by atoms with E-state index >= 15 is 0 Å². The fourth-order valence-corrected chi connectivity index (χ4v) is 6.20. The maximum absolute atomic E-state index is 13.2. The minimum Gasteiger partial charge on any atom is -0.356 e. The van der Waals surface area contributed by atoms with Gasteiger partial charge in [-0.15, -0.1) is 0 Å². The second-order valence-corrected chi connectivity index (χ2v) is 10.7. The molecule has 1 saturated heterocycles. The van der Waals surface area contributed by atoms with E-state index in [4.69, 9.17) is 0 Å². The van der Waals surface area contributed by atoms with E-state index in [-0.39, 0.29) is 22.4 Å². The van der Waals surface area contributed by atoms with E-state index in [9.17, 15) is 17.6 Å². The monoisotopic (exact) mass is 477 g/mol. The first kappa shape index (κ1) is 22.6. The van der Waals surface area contributed by atoms with Crippen molar-refractivity contribution < 1.29 is 17.6 Å². The van der Waals surface area contributed by atoms with E-state index in [1.807, 2.05) is 13.8 Å². The van der Waals surface area contributed by atoms with Gasteiger partial charge in [0.25, 0.3) is 5.91 Å². The molecule has 1 aliphatic heterocycles. The van der Waals surface area contributed by atoms with E-state index in [0.29, 0.717) is 18.8 Å². The number of sulfonamides is 1. The molecule has 32 heavy (non-hydrogen) atoms. The number of H-pyrrole nitrogens is 1. The Hall–Kier alpha value is -2.63. The quantitative estimate of drug-likeness (QED) is 0.569. The van der Waals surface area contributed by atoms with Gasteiger partial charge in [-0.25, -0.2) is 17.5 Å². The molecule has 8 nitrogen and oxygen atoms in total. The van der Waals surface area contributed by atoms with Gasteiger partial charge >= 0.3 is 0 Å². The molecule has 4 rings (SSSR count). The molecule has 0 bridgehead atoms. The molecule has 1 unspecified atom stereocenters. The maximum atomic E-state index is 13.2. The molecule has 1 fully saturated rings. The van der Waals surface area contributed by atoms with E-state index in [1.165, 1.54) is 28.7 Å². The highest BCUT2D eigenvalue weighted by Crippen LogP contribution is 2.23. The van der Waals surface area contributed by atoms with Crippen LogP contribution in [0.1, 0.15) is 34.7 Å². The van der Waals surface area contributed by atoms with E-state index in [2.05, 4.69) is 15.4 Å². The number of amides is 1. The SMILES string of the molecule is Cc1c(C(C)NC(=O)c2cc(S(=O)(=O)N3CCSCC3)c[nH]2)cnn1-c1ccc(F)cc1. The molecular formula is C21H24FN5O3S2. The number of rotatable bonds is 6. The van der Waals surface area contributed by atoms with E-state index < -0.39 is 15.9 Å². The molecule has 0 saturated carbocycles. The molecule has 3 heterocycles. The van der Waals surface area contributed by atoms with Gasteiger partial charge in [0.15, 0.2) is 0 Å². The summed E-state index contributed by atoms with van der Waals surface area (Å²) in [6.45, 7) is 4.62. The summed E-state index contributed by atoms with van der Waals surface area (Å²) in [4.78, 5) is 15.6. The first-order valence-electron chi connectivity index (χ1n) is 10.1. The normalized spacial score (nSPS) is 16.1. The number of hydrogen-bond donors (Lipinski definition) is 2. The van der Waals surface area contributed by atoms with Crippen LogP contribution in [0.15, 0.2) is 47.6 Å². The summed E-state index contributed by atoms with van der Waals surface area (Å²) in [5, 5.41) is 7.23. The Balaban J connectivity index is 1.47. The molecule has 2 aromatic heterocycles. The molecule has 1 amide bonds. The van der Waals surface area contributed by atoms with Crippen LogP contribution in [0.5, 0.6) is 0 Å². The fraction of sp³-hybridized carbons (Fsp3) is 0.333. The second-order valence-electron chi connectivity index (χ2n) is 7.53. The third-order valence-corrected chi connectivity index (χ3v) is 8.26. The Bertz CT molecular complexity index is 1210. The van der Waals surface area contributed by atoms with Gasteiger partial charge in [0, 0.05) is 42.0 Å². The zero-order chi connectivity index (χ0) is 22.9. The van der Waals surface area contributed by atoms with Crippen molar-refractivity contribution in [2.45, 2.75) is 24.8 Å². The van der Waals surface area contributed by atoms with Crippen molar-refractivity contribution in [1.29, 1.82) is 0 Å². The van der Waals surface area contributed by atoms with Crippen molar-refractivity contribution in [3.8, 4) is 5.69 Å². The minimum atomic E-state index is -3.62. The molecule has 1 aliphatic rings. The molecular weight excluding hydrogens is 453 g/mol. The summed E-state index contributed by atoms with van der Waals surface area (Å²) in [5.41, 5.74) is 2.49. The Morgan fingerprint density at radius 1 is 1.25 bits per heavy atom. The lowest BCUT2D eigenvalue weighted by Crippen LogP contribution is -2.37. The predicted molar refractivity (Wildman–Crippen MR) is 121 cm³/mol. The molecule has 0 spiro atoms. The van der Waals surface area contributed by atoms with Gasteiger partial charge < -0.3 is 10.3 Å². The van der Waals surface area contributed by atoms with Crippen molar-refractivity contribution in [2.24, 2.45) is 0 Å². The van der Waals surface area contributed by atoms with Gasteiger partial charge in [0.05, 0.1) is 17.9 Å². The van der Waals surface area contributed by atoms with Gasteiger partial charge in [-0.1, -0.05) is 0 Å². The van der Waals surface area contributed by atoms with Crippen LogP contribution in [-0.4, -0.2) is 58.0 Å². The van der Waals surface area contributed by atoms with Crippen molar-refractivity contribution >= 4 is 27.7 Å². The maximum Gasteiger partial charge on any atom is 0.268 e. The summed E-state index contributed by atoms with van der Waals surface area (Å²) in [6, 6.07) is 6.98. The molecule has 170 valence electrons. The molecule has 1 atom stereocenters. The Morgan fingerprint density at radius 3 is 2.62 bits per heavy atom. The molecule has 0 aliphatic carbocycles. The number of carbonyl (C=O) groups is 1. The van der Waals surface area contributed by atoms with Crippen LogP contribution < -0.4 is 5.32 Å². The number of thioether (sulfide) groups is 1. The number of nitrogens with one attached hydrogen (secondary N) is 2. The van der Waals surface area contributed by atoms with Crippen LogP contribution in [0.3, 0.4) is 0 Å². The third kappa shape index (κ3) is 4.45. The van der Waals surface area contributed by atoms with Crippen LogP contribution in [0.2, 0.25) is 0 Å². The number of halogens is 1. The molecule has 2 N–H and O–H groups in total. The van der Waals surface area contributed by atoms with Crippen LogP contribution in [0.4, 0.5) is 4.39 Å². The number of nitrogens with zero attached hydrogens (tertiary/aromatic N) is 3. The highest BCUT2D eigenvalue weighted by atomic mass is 32.2. The van der Waals surface area contributed by atoms with Crippen molar-refractivity contribution in [2.75, 3.05) is 24.6 Å². The van der Waals surface area contributed by atoms with Crippen molar-refractivity contribution in [1.82, 2.24) is 24.4 Å². The van der Waals surface area contributed by atoms with Crippen molar-refractivity contribution in [3.63, 3.8) is 0 Å². The smallest absolute Gasteiger partial charge is 0.268 e. The second kappa shape index (κ2) is 9.08. The van der Waals surface area contributed by atoms with Gasteiger partial charge in [-0.3, -0.25) is 4.79 Å². The fourth-order valence-electron chi connectivity index (χ4n) is 3.63. The van der Waals surface area contributed by atoms with E-state index in [1.54, 1.807) is 34.8 Å². The minimum absolute atomic E-state index is 0.0857. The first-order chi connectivity index (χ1) is 15.3. The number of aromatic amines is 1. The van der Waals surface area contributed by atoms with Gasteiger partial charge in [0.2, 0.25) is 10.0 Å². The lowest BCUT2D eigenvalue weighted by Gasteiger charge is -2.24. The summed E-state index contributed by atoms with van der Waals surface area (Å²) in [5.74, 6) is 0.784. The highest BCUT2D eigenvalue weighted by Gasteiger charge is 2.28. The van der Waals surface area contributed by atoms with Gasteiger partial charge in [-0.05, 0) is 44.2 Å². The topological polar surface area (TPSA) is 100 Å². The Morgan fingerprint density at radius 2 is 1.94 bits per heavy atom. The lowest BCUT2D eigenvalue weighted by molar-refractivity contribution is 0.0935. The predicted octanol–water partition coefficient (Wildman–Crippen LogP) is 2.88.